The molecule has 0 amide bonds. The third-order valence-corrected chi connectivity index (χ3v) is 12.2. The monoisotopic (exact) mass is 684 g/mol. The van der Waals surface area contributed by atoms with Crippen LogP contribution < -0.4 is 56.6 Å². The van der Waals surface area contributed by atoms with Crippen molar-refractivity contribution in [3.8, 4) is 0 Å². The molecular formula is C38H40Cl2FeP2. The molecule has 0 radical (unpaired) electrons. The molecule has 0 aliphatic carbocycles. The second kappa shape index (κ2) is 15.9. The number of rotatable bonds is 6. The van der Waals surface area contributed by atoms with Crippen LogP contribution in [0.5, 0.6) is 0 Å². The van der Waals surface area contributed by atoms with Crippen molar-refractivity contribution in [2.75, 3.05) is 0 Å². The van der Waals surface area contributed by atoms with Gasteiger partial charge in [0, 0.05) is 0 Å². The summed E-state index contributed by atoms with van der Waals surface area (Å²) in [4.78, 5) is 0. The van der Waals surface area contributed by atoms with Crippen molar-refractivity contribution in [2.45, 2.75) is 55.4 Å². The van der Waals surface area contributed by atoms with Crippen LogP contribution in [0, 0.1) is 55.4 Å². The van der Waals surface area contributed by atoms with Gasteiger partial charge in [0.15, 0.2) is 0 Å². The van der Waals surface area contributed by atoms with Crippen molar-refractivity contribution >= 4 is 47.7 Å². The van der Waals surface area contributed by atoms with Gasteiger partial charge < -0.3 is 24.8 Å². The number of halogens is 2. The Labute approximate surface area is 284 Å². The van der Waals surface area contributed by atoms with Gasteiger partial charge in [-0.1, -0.05) is 142 Å². The van der Waals surface area contributed by atoms with Gasteiger partial charge >= 0.3 is 17.1 Å². The van der Waals surface area contributed by atoms with Crippen molar-refractivity contribution in [2.24, 2.45) is 0 Å². The summed E-state index contributed by atoms with van der Waals surface area (Å²) < 4.78 is 0. The maximum Gasteiger partial charge on any atom is 2.00 e. The average molecular weight is 685 g/mol. The average Bonchev–Trinajstić information content (AvgIpc) is 2.83. The normalized spacial score (nSPS) is 10.7. The first kappa shape index (κ1) is 37.2. The first-order valence-corrected chi connectivity index (χ1v) is 16.8. The van der Waals surface area contributed by atoms with E-state index in [1.807, 2.05) is 0 Å². The summed E-state index contributed by atoms with van der Waals surface area (Å²) in [5, 5.41) is 8.66. The Morgan fingerprint density at radius 3 is 0.698 bits per heavy atom. The van der Waals surface area contributed by atoms with E-state index in [1.54, 1.807) is 0 Å². The zero-order valence-electron chi connectivity index (χ0n) is 26.2. The zero-order valence-corrected chi connectivity index (χ0v) is 30.6. The van der Waals surface area contributed by atoms with Crippen molar-refractivity contribution in [3.63, 3.8) is 0 Å². The predicted octanol–water partition coefficient (Wildman–Crippen LogP) is 1.68. The topological polar surface area (TPSA) is 0 Å². The fraction of sp³-hybridized carbons (Fsp3) is 0.211. The minimum atomic E-state index is -0.759. The van der Waals surface area contributed by atoms with Crippen LogP contribution in [0.1, 0.15) is 44.5 Å². The van der Waals surface area contributed by atoms with Crippen molar-refractivity contribution in [1.29, 1.82) is 0 Å². The van der Waals surface area contributed by atoms with Gasteiger partial charge in [0.1, 0.15) is 0 Å². The zero-order chi connectivity index (χ0) is 28.6. The van der Waals surface area contributed by atoms with Crippen LogP contribution in [0.15, 0.2) is 97.1 Å². The van der Waals surface area contributed by atoms with Gasteiger partial charge in [0.2, 0.25) is 0 Å². The van der Waals surface area contributed by atoms with Gasteiger partial charge in [-0.2, -0.15) is 0 Å². The summed E-state index contributed by atoms with van der Waals surface area (Å²) in [6.07, 6.45) is 0. The van der Waals surface area contributed by atoms with Crippen LogP contribution in [-0.4, -0.2) is 0 Å². The maximum absolute atomic E-state index is 2.42. The largest absolute Gasteiger partial charge is 2.00 e. The first-order chi connectivity index (χ1) is 19.1. The standard InChI is InChI=1S/C38H40P2.2ClH.Fe/c1-25-13-26(2)18-33(17-25)39(34-19-27(3)14-28(4)20-34)37-11-9-10-12-38(37)40(35-21-29(5)15-30(6)22-35)36-23-31(7)16-32(8)24-36;;;/h9-24H,1-8H3;2*1H;/q;;;+2/p-2. The molecule has 0 aliphatic heterocycles. The summed E-state index contributed by atoms with van der Waals surface area (Å²) in [5.74, 6) is 0. The molecule has 0 heterocycles. The maximum atomic E-state index is 2.42. The Morgan fingerprint density at radius 2 is 0.512 bits per heavy atom. The first-order valence-electron chi connectivity index (χ1n) is 14.1. The minimum absolute atomic E-state index is 0. The molecule has 5 rings (SSSR count). The molecule has 0 spiro atoms. The van der Waals surface area contributed by atoms with Gasteiger partial charge in [0.05, 0.1) is 0 Å². The van der Waals surface area contributed by atoms with Crippen LogP contribution in [0.4, 0.5) is 0 Å². The Balaban J connectivity index is 0.00000215. The predicted molar refractivity (Wildman–Crippen MR) is 182 cm³/mol. The third-order valence-electron chi connectivity index (χ3n) is 7.22. The van der Waals surface area contributed by atoms with Crippen LogP contribution in [-0.2, 0) is 17.1 Å². The minimum Gasteiger partial charge on any atom is -1.00 e. The van der Waals surface area contributed by atoms with E-state index in [4.69, 9.17) is 0 Å². The molecular weight excluding hydrogens is 645 g/mol. The molecule has 224 valence electrons. The molecule has 0 saturated carbocycles. The van der Waals surface area contributed by atoms with E-state index in [-0.39, 0.29) is 41.9 Å². The molecule has 0 nitrogen and oxygen atoms in total. The van der Waals surface area contributed by atoms with Crippen molar-refractivity contribution < 1.29 is 41.9 Å². The second-order valence-corrected chi connectivity index (χ2v) is 15.9. The molecule has 0 aliphatic rings. The van der Waals surface area contributed by atoms with Gasteiger partial charge in [0.25, 0.3) is 0 Å². The fourth-order valence-corrected chi connectivity index (χ4v) is 12.1. The SMILES string of the molecule is Cc1cc(C)cc(P(c2cc(C)cc(C)c2)c2ccccc2P(c2cc(C)cc(C)c2)c2cc(C)cc(C)c2)c1.[Cl-].[Cl-].[Fe+2]. The Kier molecular flexibility index (Phi) is 13.7. The number of hydrogen-bond donors (Lipinski definition) is 0. The molecule has 5 aromatic carbocycles. The van der Waals surface area contributed by atoms with E-state index in [0.717, 1.165) is 0 Å². The van der Waals surface area contributed by atoms with E-state index < -0.39 is 15.8 Å². The van der Waals surface area contributed by atoms with Crippen LogP contribution in [0.25, 0.3) is 0 Å². The third kappa shape index (κ3) is 8.83. The molecule has 43 heavy (non-hydrogen) atoms. The molecule has 0 fully saturated rings. The van der Waals surface area contributed by atoms with Gasteiger partial charge in [-0.25, -0.2) is 0 Å². The number of benzene rings is 5. The van der Waals surface area contributed by atoms with Crippen LogP contribution in [0.2, 0.25) is 0 Å². The summed E-state index contributed by atoms with van der Waals surface area (Å²) >= 11 is 0. The fourth-order valence-electron chi connectivity index (χ4n) is 6.02. The molecule has 0 N–H and O–H groups in total. The van der Waals surface area contributed by atoms with Crippen molar-refractivity contribution in [1.82, 2.24) is 0 Å². The van der Waals surface area contributed by atoms with Crippen LogP contribution in [0.3, 0.4) is 0 Å². The number of hydrogen-bond acceptors (Lipinski definition) is 0. The molecule has 0 saturated heterocycles. The molecule has 0 bridgehead atoms. The van der Waals surface area contributed by atoms with Gasteiger partial charge in [-0.15, -0.1) is 0 Å². The molecule has 0 unspecified atom stereocenters. The van der Waals surface area contributed by atoms with E-state index in [9.17, 15) is 0 Å². The van der Waals surface area contributed by atoms with Crippen molar-refractivity contribution in [3.05, 3.63) is 142 Å². The second-order valence-electron chi connectivity index (χ2n) is 11.5. The molecule has 5 aromatic rings. The smallest absolute Gasteiger partial charge is 1.00 e. The number of aryl methyl sites for hydroxylation is 8. The Hall–Kier alpha value is -1.94. The van der Waals surface area contributed by atoms with E-state index in [1.165, 1.54) is 76.3 Å². The van der Waals surface area contributed by atoms with E-state index in [2.05, 4.69) is 152 Å². The summed E-state index contributed by atoms with van der Waals surface area (Å²) in [5.41, 5.74) is 10.6. The molecule has 0 aromatic heterocycles. The van der Waals surface area contributed by atoms with Crippen LogP contribution >= 0.6 is 15.8 Å². The summed E-state index contributed by atoms with van der Waals surface area (Å²) in [6.45, 7) is 17.9. The Bertz CT molecular complexity index is 1400. The quantitative estimate of drug-likeness (QED) is 0.189. The van der Waals surface area contributed by atoms with E-state index in [0.29, 0.717) is 0 Å². The summed E-state index contributed by atoms with van der Waals surface area (Å²) in [6, 6.07) is 37.9. The van der Waals surface area contributed by atoms with Gasteiger partial charge in [-0.3, -0.25) is 0 Å². The summed E-state index contributed by atoms with van der Waals surface area (Å²) in [7, 11) is -1.52. The Morgan fingerprint density at radius 1 is 0.326 bits per heavy atom. The molecule has 5 heteroatoms. The molecule has 0 atom stereocenters. The van der Waals surface area contributed by atoms with Gasteiger partial charge in [-0.05, 0) is 103 Å². The van der Waals surface area contributed by atoms with E-state index >= 15 is 0 Å².